The molecule has 0 bridgehead atoms. The van der Waals surface area contributed by atoms with Gasteiger partial charge in [-0.25, -0.2) is 0 Å². The van der Waals surface area contributed by atoms with E-state index in [2.05, 4.69) is 88.4 Å². The van der Waals surface area contributed by atoms with E-state index in [-0.39, 0.29) is 0 Å². The van der Waals surface area contributed by atoms with E-state index in [9.17, 15) is 0 Å². The summed E-state index contributed by atoms with van der Waals surface area (Å²) in [5.41, 5.74) is 3.62. The van der Waals surface area contributed by atoms with Gasteiger partial charge in [0.25, 0.3) is 0 Å². The van der Waals surface area contributed by atoms with Gasteiger partial charge in [-0.1, -0.05) is 88.4 Å². The monoisotopic (exact) mass is 292 g/mol. The minimum atomic E-state index is 0.302. The Morgan fingerprint density at radius 1 is 0.818 bits per heavy atom. The Bertz CT molecular complexity index is 562. The summed E-state index contributed by atoms with van der Waals surface area (Å²) in [5, 5.41) is 0. The lowest BCUT2D eigenvalue weighted by Gasteiger charge is -2.62. The molecule has 0 aromatic heterocycles. The highest BCUT2D eigenvalue weighted by molar-refractivity contribution is 5.40. The van der Waals surface area contributed by atoms with E-state index in [4.69, 9.17) is 0 Å². The van der Waals surface area contributed by atoms with Crippen LogP contribution < -0.4 is 0 Å². The van der Waals surface area contributed by atoms with Crippen LogP contribution in [-0.2, 0) is 10.8 Å². The molecule has 22 heavy (non-hydrogen) atoms. The highest BCUT2D eigenvalue weighted by atomic mass is 14.6. The maximum atomic E-state index is 2.47. The number of benzene rings is 2. The molecule has 1 aliphatic rings. The van der Waals surface area contributed by atoms with Crippen molar-refractivity contribution >= 4 is 0 Å². The van der Waals surface area contributed by atoms with Gasteiger partial charge in [0, 0.05) is 0 Å². The van der Waals surface area contributed by atoms with Crippen LogP contribution in [0.25, 0.3) is 0 Å². The first-order valence-corrected chi connectivity index (χ1v) is 8.58. The Balaban J connectivity index is 1.99. The molecular formula is C22H28. The molecule has 3 atom stereocenters. The second-order valence-corrected chi connectivity index (χ2v) is 7.93. The van der Waals surface area contributed by atoms with Gasteiger partial charge in [0.15, 0.2) is 0 Å². The fourth-order valence-electron chi connectivity index (χ4n) is 4.82. The molecule has 2 aromatic rings. The molecule has 0 spiro atoms. The van der Waals surface area contributed by atoms with Crippen LogP contribution in [0.4, 0.5) is 0 Å². The van der Waals surface area contributed by atoms with E-state index in [1.165, 1.54) is 24.0 Å². The summed E-state index contributed by atoms with van der Waals surface area (Å²) in [7, 11) is 0. The molecular weight excluding hydrogens is 264 g/mol. The molecule has 1 unspecified atom stereocenters. The maximum absolute atomic E-state index is 2.47. The lowest BCUT2D eigenvalue weighted by molar-refractivity contribution is 0.00276. The Morgan fingerprint density at radius 2 is 1.23 bits per heavy atom. The van der Waals surface area contributed by atoms with Crippen LogP contribution in [-0.4, -0.2) is 0 Å². The summed E-state index contributed by atoms with van der Waals surface area (Å²) < 4.78 is 0. The quantitative estimate of drug-likeness (QED) is 0.651. The zero-order valence-electron chi connectivity index (χ0n) is 14.3. The van der Waals surface area contributed by atoms with Gasteiger partial charge in [-0.05, 0) is 46.6 Å². The van der Waals surface area contributed by atoms with Crippen LogP contribution in [0.3, 0.4) is 0 Å². The standard InChI is InChI=1S/C22H28/c1-17(2)15-20-21(3,18-11-7-5-8-12-18)16-22(20,4)19-13-9-6-10-14-19/h5-14,17,20H,15-16H2,1-4H3/t20?,21-,22+. The zero-order chi connectivity index (χ0) is 15.8. The molecule has 1 aliphatic carbocycles. The SMILES string of the molecule is CC(C)CC1[C@](C)(c2ccccc2)C[C@]1(C)c1ccccc1. The van der Waals surface area contributed by atoms with E-state index in [0.29, 0.717) is 16.7 Å². The second-order valence-electron chi connectivity index (χ2n) is 7.93. The Morgan fingerprint density at radius 3 is 1.59 bits per heavy atom. The molecule has 0 heterocycles. The summed E-state index contributed by atoms with van der Waals surface area (Å²) in [6.07, 6.45) is 2.53. The highest BCUT2D eigenvalue weighted by Gasteiger charge is 2.58. The van der Waals surface area contributed by atoms with E-state index in [1.807, 2.05) is 0 Å². The fourth-order valence-corrected chi connectivity index (χ4v) is 4.82. The molecule has 0 heteroatoms. The average molecular weight is 292 g/mol. The normalized spacial score (nSPS) is 31.0. The Labute approximate surface area is 135 Å². The summed E-state index contributed by atoms with van der Waals surface area (Å²) in [6, 6.07) is 22.3. The third-order valence-corrected chi connectivity index (χ3v) is 5.85. The predicted octanol–water partition coefficient (Wildman–Crippen LogP) is 5.97. The van der Waals surface area contributed by atoms with Gasteiger partial charge in [0.2, 0.25) is 0 Å². The van der Waals surface area contributed by atoms with Gasteiger partial charge in [0.1, 0.15) is 0 Å². The predicted molar refractivity (Wildman–Crippen MR) is 95.2 cm³/mol. The van der Waals surface area contributed by atoms with Gasteiger partial charge in [-0.3, -0.25) is 0 Å². The van der Waals surface area contributed by atoms with Crippen LogP contribution in [0.15, 0.2) is 60.7 Å². The van der Waals surface area contributed by atoms with Crippen LogP contribution in [0.1, 0.15) is 51.7 Å². The van der Waals surface area contributed by atoms with Crippen LogP contribution in [0, 0.1) is 11.8 Å². The first-order chi connectivity index (χ1) is 10.5. The van der Waals surface area contributed by atoms with Crippen molar-refractivity contribution in [2.45, 2.75) is 51.4 Å². The van der Waals surface area contributed by atoms with Gasteiger partial charge >= 0.3 is 0 Å². The summed E-state index contributed by atoms with van der Waals surface area (Å²) in [5.74, 6) is 1.43. The summed E-state index contributed by atoms with van der Waals surface area (Å²) in [4.78, 5) is 0. The third kappa shape index (κ3) is 2.39. The number of rotatable bonds is 4. The van der Waals surface area contributed by atoms with E-state index in [1.54, 1.807) is 0 Å². The van der Waals surface area contributed by atoms with Crippen molar-refractivity contribution in [2.75, 3.05) is 0 Å². The maximum Gasteiger partial charge on any atom is -0.00301 e. The van der Waals surface area contributed by atoms with Crippen molar-refractivity contribution in [1.82, 2.24) is 0 Å². The molecule has 0 amide bonds. The van der Waals surface area contributed by atoms with Crippen molar-refractivity contribution in [3.63, 3.8) is 0 Å². The molecule has 1 saturated carbocycles. The highest BCUT2D eigenvalue weighted by Crippen LogP contribution is 2.62. The zero-order valence-corrected chi connectivity index (χ0v) is 14.3. The lowest BCUT2D eigenvalue weighted by atomic mass is 9.41. The Hall–Kier alpha value is -1.56. The molecule has 0 nitrogen and oxygen atoms in total. The molecule has 0 N–H and O–H groups in total. The lowest BCUT2D eigenvalue weighted by Crippen LogP contribution is -2.59. The van der Waals surface area contributed by atoms with Crippen molar-refractivity contribution in [1.29, 1.82) is 0 Å². The van der Waals surface area contributed by atoms with Gasteiger partial charge in [-0.2, -0.15) is 0 Å². The minimum Gasteiger partial charge on any atom is -0.0628 e. The van der Waals surface area contributed by atoms with Crippen molar-refractivity contribution in [3.8, 4) is 0 Å². The second kappa shape index (κ2) is 5.57. The van der Waals surface area contributed by atoms with Crippen molar-refractivity contribution < 1.29 is 0 Å². The molecule has 3 rings (SSSR count). The third-order valence-electron chi connectivity index (χ3n) is 5.85. The van der Waals surface area contributed by atoms with Gasteiger partial charge in [-0.15, -0.1) is 0 Å². The van der Waals surface area contributed by atoms with Gasteiger partial charge in [0.05, 0.1) is 0 Å². The van der Waals surface area contributed by atoms with E-state index >= 15 is 0 Å². The average Bonchev–Trinajstić information content (AvgIpc) is 2.54. The smallest absolute Gasteiger partial charge is 0.00301 e. The van der Waals surface area contributed by atoms with Crippen LogP contribution >= 0.6 is 0 Å². The molecule has 2 aromatic carbocycles. The first kappa shape index (κ1) is 15.3. The largest absolute Gasteiger partial charge is 0.0628 e. The molecule has 0 radical (unpaired) electrons. The fraction of sp³-hybridized carbons (Fsp3) is 0.455. The van der Waals surface area contributed by atoms with Gasteiger partial charge < -0.3 is 0 Å². The van der Waals surface area contributed by atoms with Crippen LogP contribution in [0.5, 0.6) is 0 Å². The summed E-state index contributed by atoms with van der Waals surface area (Å²) in [6.45, 7) is 9.66. The van der Waals surface area contributed by atoms with E-state index < -0.39 is 0 Å². The first-order valence-electron chi connectivity index (χ1n) is 8.58. The molecule has 0 aliphatic heterocycles. The van der Waals surface area contributed by atoms with Crippen molar-refractivity contribution in [2.24, 2.45) is 11.8 Å². The summed E-state index contributed by atoms with van der Waals surface area (Å²) >= 11 is 0. The molecule has 116 valence electrons. The number of hydrogen-bond acceptors (Lipinski definition) is 0. The van der Waals surface area contributed by atoms with Crippen LogP contribution in [0.2, 0.25) is 0 Å². The van der Waals surface area contributed by atoms with E-state index in [0.717, 1.165) is 5.92 Å². The molecule has 0 saturated heterocycles. The molecule has 1 fully saturated rings. The minimum absolute atomic E-state index is 0.302. The van der Waals surface area contributed by atoms with Crippen molar-refractivity contribution in [3.05, 3.63) is 71.8 Å². The topological polar surface area (TPSA) is 0 Å². The Kier molecular flexibility index (Phi) is 3.89. The number of hydrogen-bond donors (Lipinski definition) is 0.